The van der Waals surface area contributed by atoms with Crippen molar-refractivity contribution in [2.75, 3.05) is 22.5 Å². The van der Waals surface area contributed by atoms with Gasteiger partial charge in [0.05, 0.1) is 34.9 Å². The quantitative estimate of drug-likeness (QED) is 0.335. The lowest BCUT2D eigenvalue weighted by Crippen LogP contribution is -2.38. The van der Waals surface area contributed by atoms with Crippen molar-refractivity contribution in [1.29, 1.82) is 0 Å². The Morgan fingerprint density at radius 3 is 2.47 bits per heavy atom. The minimum absolute atomic E-state index is 0.0500. The maximum absolute atomic E-state index is 11.8. The summed E-state index contributed by atoms with van der Waals surface area (Å²) in [5.41, 5.74) is 5.42. The van der Waals surface area contributed by atoms with Gasteiger partial charge in [0.1, 0.15) is 17.8 Å². The Balaban J connectivity index is 1.47. The first-order valence-electron chi connectivity index (χ1n) is 11.7. The highest BCUT2D eigenvalue weighted by molar-refractivity contribution is 7.92. The molecule has 10 nitrogen and oxygen atoms in total. The van der Waals surface area contributed by atoms with Crippen LogP contribution in [0.3, 0.4) is 0 Å². The Morgan fingerprint density at radius 2 is 1.76 bits per heavy atom. The number of nitrogens with one attached hydrogen (secondary N) is 1. The number of sulfone groups is 1. The Labute approximate surface area is 219 Å². The van der Waals surface area contributed by atoms with Crippen LogP contribution in [-0.2, 0) is 19.9 Å². The first kappa shape index (κ1) is 24.3. The van der Waals surface area contributed by atoms with Crippen molar-refractivity contribution in [3.8, 4) is 33.8 Å². The number of fused-ring (bicyclic) bond motifs is 1. The predicted octanol–water partition coefficient (Wildman–Crippen LogP) is 4.07. The maximum atomic E-state index is 11.8. The van der Waals surface area contributed by atoms with E-state index >= 15 is 0 Å². The highest BCUT2D eigenvalue weighted by Crippen LogP contribution is 2.38. The van der Waals surface area contributed by atoms with E-state index in [2.05, 4.69) is 14.7 Å². The molecule has 194 valence electrons. The van der Waals surface area contributed by atoms with Gasteiger partial charge in [-0.15, -0.1) is 0 Å². The zero-order valence-corrected chi connectivity index (χ0v) is 22.1. The molecule has 0 radical (unpaired) electrons. The maximum Gasteiger partial charge on any atom is 0.230 e. The van der Waals surface area contributed by atoms with Crippen LogP contribution in [-0.4, -0.2) is 54.3 Å². The van der Waals surface area contributed by atoms with Crippen LogP contribution in [0.4, 0.5) is 5.69 Å². The van der Waals surface area contributed by atoms with Gasteiger partial charge in [0.15, 0.2) is 9.84 Å². The second-order valence-corrected chi connectivity index (χ2v) is 13.4. The molecule has 38 heavy (non-hydrogen) atoms. The number of aryl methyl sites for hydroxylation is 1. The van der Waals surface area contributed by atoms with Crippen LogP contribution in [0.25, 0.3) is 44.9 Å². The van der Waals surface area contributed by atoms with E-state index in [1.165, 1.54) is 6.33 Å². The fourth-order valence-electron chi connectivity index (χ4n) is 4.53. The van der Waals surface area contributed by atoms with Gasteiger partial charge in [-0.1, -0.05) is 42.0 Å². The third kappa shape index (κ3) is 4.68. The fraction of sp³-hybridized carbons (Fsp3) is 0.192. The summed E-state index contributed by atoms with van der Waals surface area (Å²) >= 11 is 0. The summed E-state index contributed by atoms with van der Waals surface area (Å²) < 4.78 is 57.3. The molecule has 0 bridgehead atoms. The minimum Gasteiger partial charge on any atom is -0.438 e. The lowest BCUT2D eigenvalue weighted by Gasteiger charge is -2.25. The van der Waals surface area contributed by atoms with Gasteiger partial charge in [-0.05, 0) is 25.1 Å². The third-order valence-corrected chi connectivity index (χ3v) is 8.75. The second kappa shape index (κ2) is 8.77. The van der Waals surface area contributed by atoms with Crippen molar-refractivity contribution < 1.29 is 21.3 Å². The number of hydrogen-bond donors (Lipinski definition) is 1. The molecule has 6 rings (SSSR count). The van der Waals surface area contributed by atoms with Crippen molar-refractivity contribution in [2.24, 2.45) is 0 Å². The zero-order valence-electron chi connectivity index (χ0n) is 20.5. The summed E-state index contributed by atoms with van der Waals surface area (Å²) in [6, 6.07) is 16.4. The minimum atomic E-state index is -3.44. The molecule has 0 unspecified atom stereocenters. The highest BCUT2D eigenvalue weighted by atomic mass is 32.2. The molecule has 5 aromatic rings. The van der Waals surface area contributed by atoms with E-state index in [1.54, 1.807) is 22.9 Å². The number of hydrogen-bond acceptors (Lipinski definition) is 8. The molecular weight excluding hydrogens is 526 g/mol. The van der Waals surface area contributed by atoms with Gasteiger partial charge in [0.25, 0.3) is 0 Å². The molecule has 0 aliphatic carbocycles. The molecule has 1 saturated heterocycles. The van der Waals surface area contributed by atoms with Crippen LogP contribution in [0.15, 0.2) is 71.5 Å². The molecule has 0 atom stereocenters. The van der Waals surface area contributed by atoms with E-state index < -0.39 is 19.9 Å². The molecule has 1 aliphatic rings. The van der Waals surface area contributed by atoms with Crippen LogP contribution in [0, 0.1) is 6.92 Å². The van der Waals surface area contributed by atoms with Crippen molar-refractivity contribution in [3.05, 3.63) is 72.7 Å². The van der Waals surface area contributed by atoms with Crippen molar-refractivity contribution in [2.45, 2.75) is 13.0 Å². The SMILES string of the molecule is Cc1ccc(-c2nn(C3CS(=O)(=O)C3)cc2-c2ncnc3oc(-c4cccc(NS(C)(=O)=O)c4)cc23)cc1. The highest BCUT2D eigenvalue weighted by Gasteiger charge is 2.36. The largest absolute Gasteiger partial charge is 0.438 e. The van der Waals surface area contributed by atoms with Crippen molar-refractivity contribution in [3.63, 3.8) is 0 Å². The van der Waals surface area contributed by atoms with Crippen LogP contribution >= 0.6 is 0 Å². The number of benzene rings is 2. The lowest BCUT2D eigenvalue weighted by atomic mass is 10.0. The van der Waals surface area contributed by atoms with Gasteiger partial charge >= 0.3 is 0 Å². The molecule has 12 heteroatoms. The number of rotatable bonds is 6. The van der Waals surface area contributed by atoms with Crippen LogP contribution in [0.1, 0.15) is 11.6 Å². The average Bonchev–Trinajstić information content (AvgIpc) is 3.47. The number of aromatic nitrogens is 4. The van der Waals surface area contributed by atoms with Gasteiger partial charge in [0.2, 0.25) is 15.7 Å². The van der Waals surface area contributed by atoms with E-state index in [0.29, 0.717) is 39.5 Å². The van der Waals surface area contributed by atoms with Gasteiger partial charge < -0.3 is 4.42 Å². The topological polar surface area (TPSA) is 137 Å². The number of nitrogens with zero attached hydrogens (tertiary/aromatic N) is 4. The fourth-order valence-corrected chi connectivity index (χ4v) is 6.46. The molecule has 1 aliphatic heterocycles. The number of anilines is 1. The second-order valence-electron chi connectivity index (χ2n) is 9.47. The summed E-state index contributed by atoms with van der Waals surface area (Å²) in [6.45, 7) is 2.00. The van der Waals surface area contributed by atoms with Gasteiger partial charge in [0, 0.05) is 28.6 Å². The molecule has 3 aromatic heterocycles. The summed E-state index contributed by atoms with van der Waals surface area (Å²) in [5.74, 6) is 0.594. The summed E-state index contributed by atoms with van der Waals surface area (Å²) in [4.78, 5) is 8.87. The van der Waals surface area contributed by atoms with E-state index in [1.807, 2.05) is 49.5 Å². The zero-order chi connectivity index (χ0) is 26.7. The molecule has 0 saturated carbocycles. The summed E-state index contributed by atoms with van der Waals surface area (Å²) in [6.07, 6.45) is 4.34. The Hall–Kier alpha value is -4.03. The van der Waals surface area contributed by atoms with Gasteiger partial charge in [-0.25, -0.2) is 26.8 Å². The van der Waals surface area contributed by atoms with Crippen LogP contribution in [0.2, 0.25) is 0 Å². The molecule has 0 spiro atoms. The van der Waals surface area contributed by atoms with Crippen molar-refractivity contribution in [1.82, 2.24) is 19.7 Å². The normalized spacial score (nSPS) is 15.4. The monoisotopic (exact) mass is 549 g/mol. The van der Waals surface area contributed by atoms with Crippen LogP contribution < -0.4 is 4.72 Å². The van der Waals surface area contributed by atoms with Gasteiger partial charge in [-0.3, -0.25) is 9.40 Å². The molecular formula is C26H23N5O5S2. The Kier molecular flexibility index (Phi) is 5.61. The molecule has 1 fully saturated rings. The van der Waals surface area contributed by atoms with E-state index in [0.717, 1.165) is 22.9 Å². The predicted molar refractivity (Wildman–Crippen MR) is 145 cm³/mol. The molecule has 4 heterocycles. The van der Waals surface area contributed by atoms with Crippen LogP contribution in [0.5, 0.6) is 0 Å². The van der Waals surface area contributed by atoms with E-state index in [-0.39, 0.29) is 17.5 Å². The standard InChI is InChI=1S/C26H23N5O5S2/c1-16-6-8-17(9-7-16)24-22(12-31(29-24)20-13-38(34,35)14-20)25-21-11-23(36-26(21)28-15-27-25)18-4-3-5-19(10-18)30-37(2,32)33/h3-12,15,20,30H,13-14H2,1-2H3. The molecule has 2 aromatic carbocycles. The average molecular weight is 550 g/mol. The third-order valence-electron chi connectivity index (χ3n) is 6.36. The first-order chi connectivity index (χ1) is 18.0. The summed E-state index contributed by atoms with van der Waals surface area (Å²) in [5, 5.41) is 5.44. The van der Waals surface area contributed by atoms with E-state index in [4.69, 9.17) is 9.52 Å². The first-order valence-corrected chi connectivity index (χ1v) is 15.5. The molecule has 0 amide bonds. The van der Waals surface area contributed by atoms with E-state index in [9.17, 15) is 16.8 Å². The summed E-state index contributed by atoms with van der Waals surface area (Å²) in [7, 11) is -6.48. The Bertz CT molecular complexity index is 1900. The smallest absolute Gasteiger partial charge is 0.230 e. The van der Waals surface area contributed by atoms with Crippen molar-refractivity contribution >= 4 is 36.6 Å². The Morgan fingerprint density at radius 1 is 1.00 bits per heavy atom. The number of sulfonamides is 1. The lowest BCUT2D eigenvalue weighted by molar-refractivity contribution is 0.474. The molecule has 1 N–H and O–H groups in total. The number of furan rings is 1. The van der Waals surface area contributed by atoms with Gasteiger partial charge in [-0.2, -0.15) is 5.10 Å².